The Morgan fingerprint density at radius 3 is 2.30 bits per heavy atom. The summed E-state index contributed by atoms with van der Waals surface area (Å²) >= 11 is 0. The first kappa shape index (κ1) is 13.9. The van der Waals surface area contributed by atoms with Crippen molar-refractivity contribution in [2.24, 2.45) is 0 Å². The first-order chi connectivity index (χ1) is 9.70. The van der Waals surface area contributed by atoms with Crippen molar-refractivity contribution in [2.75, 3.05) is 31.1 Å². The summed E-state index contributed by atoms with van der Waals surface area (Å²) in [5, 5.41) is 7.26. The van der Waals surface area contributed by atoms with Crippen molar-refractivity contribution < 1.29 is 0 Å². The molecule has 1 atom stereocenters. The van der Waals surface area contributed by atoms with Crippen LogP contribution in [0.1, 0.15) is 30.4 Å². The molecule has 0 aliphatic carbocycles. The van der Waals surface area contributed by atoms with E-state index in [0.717, 1.165) is 6.54 Å². The maximum Gasteiger partial charge on any atom is 0.0371 e. The highest BCUT2D eigenvalue weighted by molar-refractivity contribution is 5.51. The molecule has 3 rings (SSSR count). The molecule has 0 bridgehead atoms. The molecule has 1 aromatic rings. The monoisotopic (exact) mass is 273 g/mol. The summed E-state index contributed by atoms with van der Waals surface area (Å²) in [5.74, 6) is 0. The zero-order valence-electron chi connectivity index (χ0n) is 12.8. The van der Waals surface area contributed by atoms with Crippen LogP contribution in [0.25, 0.3) is 0 Å². The topological polar surface area (TPSA) is 27.3 Å². The van der Waals surface area contributed by atoms with Crippen molar-refractivity contribution in [2.45, 2.75) is 45.2 Å². The maximum absolute atomic E-state index is 3.82. The van der Waals surface area contributed by atoms with Crippen molar-refractivity contribution in [3.8, 4) is 0 Å². The normalized spacial score (nSPS) is 24.3. The van der Waals surface area contributed by atoms with E-state index in [4.69, 9.17) is 0 Å². The van der Waals surface area contributed by atoms with Crippen molar-refractivity contribution in [1.29, 1.82) is 0 Å². The fraction of sp³-hybridized carbons (Fsp3) is 0.647. The van der Waals surface area contributed by atoms with Gasteiger partial charge in [-0.1, -0.05) is 6.07 Å². The van der Waals surface area contributed by atoms with Gasteiger partial charge in [-0.25, -0.2) is 0 Å². The highest BCUT2D eigenvalue weighted by Gasteiger charge is 2.23. The van der Waals surface area contributed by atoms with E-state index in [9.17, 15) is 0 Å². The molecule has 2 fully saturated rings. The lowest BCUT2D eigenvalue weighted by Crippen LogP contribution is -2.46. The van der Waals surface area contributed by atoms with Gasteiger partial charge in [0.05, 0.1) is 0 Å². The van der Waals surface area contributed by atoms with Crippen molar-refractivity contribution >= 4 is 5.69 Å². The van der Waals surface area contributed by atoms with Crippen molar-refractivity contribution in [3.05, 3.63) is 29.3 Å². The van der Waals surface area contributed by atoms with Gasteiger partial charge in [0.1, 0.15) is 0 Å². The summed E-state index contributed by atoms with van der Waals surface area (Å²) < 4.78 is 0. The second-order valence-electron chi connectivity index (χ2n) is 6.46. The third kappa shape index (κ3) is 3.33. The third-order valence-electron chi connectivity index (χ3n) is 4.60. The van der Waals surface area contributed by atoms with E-state index >= 15 is 0 Å². The number of nitrogens with zero attached hydrogens (tertiary/aromatic N) is 1. The third-order valence-corrected chi connectivity index (χ3v) is 4.60. The molecule has 2 saturated heterocycles. The highest BCUT2D eigenvalue weighted by Crippen LogP contribution is 2.23. The summed E-state index contributed by atoms with van der Waals surface area (Å²) in [4.78, 5) is 2.55. The van der Waals surface area contributed by atoms with Gasteiger partial charge in [-0.2, -0.15) is 0 Å². The predicted molar refractivity (Wildman–Crippen MR) is 85.6 cm³/mol. The van der Waals surface area contributed by atoms with Gasteiger partial charge in [0.2, 0.25) is 0 Å². The molecule has 3 heteroatoms. The predicted octanol–water partition coefficient (Wildman–Crippen LogP) is 2.22. The van der Waals surface area contributed by atoms with Crippen LogP contribution in [-0.4, -0.2) is 38.3 Å². The minimum Gasteiger partial charge on any atom is -0.371 e. The second-order valence-corrected chi connectivity index (χ2v) is 6.46. The molecule has 2 aliphatic rings. The molecular formula is C17H27N3. The number of hydrogen-bond donors (Lipinski definition) is 2. The van der Waals surface area contributed by atoms with Crippen molar-refractivity contribution in [1.82, 2.24) is 10.6 Å². The lowest BCUT2D eigenvalue weighted by Gasteiger charge is -2.35. The number of benzene rings is 1. The Labute approximate surface area is 122 Å². The van der Waals surface area contributed by atoms with Crippen LogP contribution >= 0.6 is 0 Å². The summed E-state index contributed by atoms with van der Waals surface area (Å²) in [7, 11) is 0. The number of hydrogen-bond acceptors (Lipinski definition) is 3. The lowest BCUT2D eigenvalue weighted by molar-refractivity contribution is 0.375. The van der Waals surface area contributed by atoms with Gasteiger partial charge in [0.15, 0.2) is 0 Å². The van der Waals surface area contributed by atoms with Gasteiger partial charge in [-0.05, 0) is 62.9 Å². The molecule has 0 spiro atoms. The summed E-state index contributed by atoms with van der Waals surface area (Å²) in [6, 6.07) is 8.31. The van der Waals surface area contributed by atoms with Gasteiger partial charge in [-0.3, -0.25) is 0 Å². The largest absolute Gasteiger partial charge is 0.371 e. The zero-order valence-corrected chi connectivity index (χ0v) is 12.8. The molecule has 0 saturated carbocycles. The Hall–Kier alpha value is -1.06. The van der Waals surface area contributed by atoms with Crippen LogP contribution in [0.2, 0.25) is 0 Å². The van der Waals surface area contributed by atoms with Crippen LogP contribution in [0, 0.1) is 13.8 Å². The van der Waals surface area contributed by atoms with Gasteiger partial charge >= 0.3 is 0 Å². The Morgan fingerprint density at radius 2 is 1.70 bits per heavy atom. The number of anilines is 1. The van der Waals surface area contributed by atoms with Crippen LogP contribution < -0.4 is 15.5 Å². The molecule has 0 aromatic heterocycles. The van der Waals surface area contributed by atoms with Crippen LogP contribution in [0.3, 0.4) is 0 Å². The molecule has 2 heterocycles. The van der Waals surface area contributed by atoms with Gasteiger partial charge in [-0.15, -0.1) is 0 Å². The van der Waals surface area contributed by atoms with Crippen LogP contribution in [0.4, 0.5) is 5.69 Å². The molecule has 2 aliphatic heterocycles. The van der Waals surface area contributed by atoms with Crippen LogP contribution in [-0.2, 0) is 0 Å². The Kier molecular flexibility index (Phi) is 4.27. The molecule has 0 amide bonds. The van der Waals surface area contributed by atoms with E-state index in [1.165, 1.54) is 55.7 Å². The Bertz CT molecular complexity index is 423. The highest BCUT2D eigenvalue weighted by atomic mass is 15.2. The van der Waals surface area contributed by atoms with E-state index in [2.05, 4.69) is 47.6 Å². The first-order valence-corrected chi connectivity index (χ1v) is 8.01. The smallest absolute Gasteiger partial charge is 0.0371 e. The standard InChI is InChI=1S/C17H27N3/c1-13-9-14(2)11-17(10-13)20-7-4-15(5-8-20)19-16-3-6-18-12-16/h9-11,15-16,18-19H,3-8,12H2,1-2H3/t16-/m0/s1. The number of rotatable bonds is 3. The van der Waals surface area contributed by atoms with Gasteiger partial charge < -0.3 is 15.5 Å². The van der Waals surface area contributed by atoms with E-state index < -0.39 is 0 Å². The van der Waals surface area contributed by atoms with Crippen molar-refractivity contribution in [3.63, 3.8) is 0 Å². The lowest BCUT2D eigenvalue weighted by atomic mass is 10.0. The molecule has 0 unspecified atom stereocenters. The van der Waals surface area contributed by atoms with E-state index in [-0.39, 0.29) is 0 Å². The fourth-order valence-corrected chi connectivity index (χ4v) is 3.57. The summed E-state index contributed by atoms with van der Waals surface area (Å²) in [5.41, 5.74) is 4.15. The average molecular weight is 273 g/mol. The van der Waals surface area contributed by atoms with E-state index in [0.29, 0.717) is 12.1 Å². The quantitative estimate of drug-likeness (QED) is 0.884. The number of piperidine rings is 1. The fourth-order valence-electron chi connectivity index (χ4n) is 3.57. The van der Waals surface area contributed by atoms with Crippen LogP contribution in [0.15, 0.2) is 18.2 Å². The number of aryl methyl sites for hydroxylation is 2. The molecular weight excluding hydrogens is 246 g/mol. The maximum atomic E-state index is 3.82. The molecule has 0 radical (unpaired) electrons. The second kappa shape index (κ2) is 6.15. The zero-order chi connectivity index (χ0) is 13.9. The molecule has 1 aromatic carbocycles. The molecule has 2 N–H and O–H groups in total. The first-order valence-electron chi connectivity index (χ1n) is 8.01. The van der Waals surface area contributed by atoms with Gasteiger partial charge in [0.25, 0.3) is 0 Å². The molecule has 20 heavy (non-hydrogen) atoms. The molecule has 110 valence electrons. The number of nitrogens with one attached hydrogen (secondary N) is 2. The van der Waals surface area contributed by atoms with Gasteiger partial charge in [0, 0.05) is 37.4 Å². The Morgan fingerprint density at radius 1 is 1.00 bits per heavy atom. The summed E-state index contributed by atoms with van der Waals surface area (Å²) in [6.45, 7) is 9.08. The van der Waals surface area contributed by atoms with E-state index in [1.807, 2.05) is 0 Å². The van der Waals surface area contributed by atoms with Crippen LogP contribution in [0.5, 0.6) is 0 Å². The minimum atomic E-state index is 0.702. The summed E-state index contributed by atoms with van der Waals surface area (Å²) in [6.07, 6.45) is 3.82. The SMILES string of the molecule is Cc1cc(C)cc(N2CCC(N[C@H]3CCNC3)CC2)c1. The Balaban J connectivity index is 1.55. The van der Waals surface area contributed by atoms with E-state index in [1.54, 1.807) is 0 Å². The molecule has 3 nitrogen and oxygen atoms in total. The average Bonchev–Trinajstić information content (AvgIpc) is 2.91. The minimum absolute atomic E-state index is 0.702.